The lowest BCUT2D eigenvalue weighted by molar-refractivity contribution is -0.149. The molecule has 238 valence electrons. The monoisotopic (exact) mass is 626 g/mol. The Balaban J connectivity index is 1.38. The number of hydrogen-bond acceptors (Lipinski definition) is 9. The Labute approximate surface area is 264 Å². The maximum absolute atomic E-state index is 13.9. The van der Waals surface area contributed by atoms with Crippen molar-refractivity contribution in [3.05, 3.63) is 103 Å². The lowest BCUT2D eigenvalue weighted by Gasteiger charge is -2.27. The standard InChI is InChI=1S/C33H34N6O7/c1-21(2)30(37-31(43)25-13-12-22-8-6-7-11-24(22)35-25)27-17-33(46-38-27,19-39-15-14-34-20-39)32(44)36-26(16-29(41)42)28(40)18-45-23-9-4-3-5-10-23/h3-15,17,20-21,26,30,38H,16,18-19H2,1-2H3,(H,36,44)(H,37,43)(H,41,42)/t26-,30-,33?/m0/s1. The molecule has 0 aliphatic carbocycles. The van der Waals surface area contributed by atoms with Crippen LogP contribution < -0.4 is 20.9 Å². The van der Waals surface area contributed by atoms with E-state index in [9.17, 15) is 24.3 Å². The molecule has 46 heavy (non-hydrogen) atoms. The number of imidazole rings is 1. The first-order chi connectivity index (χ1) is 22.1. The van der Waals surface area contributed by atoms with Gasteiger partial charge in [-0.05, 0) is 36.3 Å². The van der Waals surface area contributed by atoms with Crippen molar-refractivity contribution < 1.29 is 33.9 Å². The molecule has 2 aromatic carbocycles. The first-order valence-corrected chi connectivity index (χ1v) is 14.7. The highest BCUT2D eigenvalue weighted by atomic mass is 16.7. The van der Waals surface area contributed by atoms with E-state index in [1.165, 1.54) is 18.6 Å². The molecule has 3 atom stereocenters. The van der Waals surface area contributed by atoms with Crippen LogP contribution in [0.5, 0.6) is 5.75 Å². The number of aromatic nitrogens is 3. The molecule has 1 aliphatic rings. The number of nitrogens with zero attached hydrogens (tertiary/aromatic N) is 3. The zero-order valence-electron chi connectivity index (χ0n) is 25.3. The number of amides is 2. The van der Waals surface area contributed by atoms with Gasteiger partial charge in [-0.1, -0.05) is 56.3 Å². The van der Waals surface area contributed by atoms with Gasteiger partial charge in [-0.3, -0.25) is 29.5 Å². The summed E-state index contributed by atoms with van der Waals surface area (Å²) < 4.78 is 7.12. The summed E-state index contributed by atoms with van der Waals surface area (Å²) in [6.45, 7) is 3.26. The molecule has 0 spiro atoms. The minimum absolute atomic E-state index is 0.0746. The van der Waals surface area contributed by atoms with Crippen LogP contribution in [0.1, 0.15) is 30.8 Å². The minimum atomic E-state index is -1.74. The molecule has 2 amide bonds. The van der Waals surface area contributed by atoms with Gasteiger partial charge in [-0.15, -0.1) is 0 Å². The number of pyridine rings is 1. The molecule has 13 heteroatoms. The molecule has 0 fully saturated rings. The maximum Gasteiger partial charge on any atom is 0.305 e. The molecule has 0 radical (unpaired) electrons. The second kappa shape index (κ2) is 14.0. The number of benzene rings is 2. The summed E-state index contributed by atoms with van der Waals surface area (Å²) >= 11 is 0. The van der Waals surface area contributed by atoms with E-state index in [-0.39, 0.29) is 18.2 Å². The molecule has 1 aliphatic heterocycles. The van der Waals surface area contributed by atoms with E-state index in [1.807, 2.05) is 44.2 Å². The first-order valence-electron chi connectivity index (χ1n) is 14.7. The fourth-order valence-electron chi connectivity index (χ4n) is 5.01. The van der Waals surface area contributed by atoms with Crippen molar-refractivity contribution >= 4 is 34.5 Å². The highest BCUT2D eigenvalue weighted by molar-refractivity contribution is 5.97. The minimum Gasteiger partial charge on any atom is -0.486 e. The van der Waals surface area contributed by atoms with Crippen LogP contribution in [0.3, 0.4) is 0 Å². The summed E-state index contributed by atoms with van der Waals surface area (Å²) in [5, 5.41) is 16.0. The second-order valence-corrected chi connectivity index (χ2v) is 11.2. The number of aliphatic carboxylic acids is 1. The SMILES string of the molecule is CC(C)[C@H](NC(=O)c1ccc2ccccc2n1)C1=CC(Cn2ccnc2)(C(=O)N[C@@H](CC(=O)O)C(=O)COc2ccccc2)ON1. The highest BCUT2D eigenvalue weighted by Gasteiger charge is 2.46. The van der Waals surface area contributed by atoms with Crippen LogP contribution in [0.4, 0.5) is 0 Å². The zero-order chi connectivity index (χ0) is 32.7. The van der Waals surface area contributed by atoms with Crippen LogP contribution in [-0.4, -0.2) is 67.5 Å². The van der Waals surface area contributed by atoms with Gasteiger partial charge in [-0.2, -0.15) is 0 Å². The molecular formula is C33H34N6O7. The van der Waals surface area contributed by atoms with Gasteiger partial charge in [0, 0.05) is 17.8 Å². The van der Waals surface area contributed by atoms with Crippen molar-refractivity contribution in [1.82, 2.24) is 30.6 Å². The summed E-state index contributed by atoms with van der Waals surface area (Å²) in [5.74, 6) is -2.85. The predicted molar refractivity (Wildman–Crippen MR) is 166 cm³/mol. The number of para-hydroxylation sites is 2. The molecule has 13 nitrogen and oxygen atoms in total. The first kappa shape index (κ1) is 31.9. The smallest absolute Gasteiger partial charge is 0.305 e. The molecule has 2 aromatic heterocycles. The van der Waals surface area contributed by atoms with E-state index in [0.717, 1.165) is 5.39 Å². The zero-order valence-corrected chi connectivity index (χ0v) is 25.3. The number of ketones is 1. The topological polar surface area (TPSA) is 174 Å². The number of nitrogens with one attached hydrogen (secondary N) is 3. The van der Waals surface area contributed by atoms with Crippen molar-refractivity contribution in [3.8, 4) is 5.75 Å². The number of fused-ring (bicyclic) bond motifs is 1. The lowest BCUT2D eigenvalue weighted by atomic mass is 9.94. The molecule has 1 unspecified atom stereocenters. The van der Waals surface area contributed by atoms with E-state index >= 15 is 0 Å². The fraction of sp³-hybridized carbons (Fsp3) is 0.273. The summed E-state index contributed by atoms with van der Waals surface area (Å²) in [6.07, 6.45) is 5.51. The number of ether oxygens (including phenoxy) is 1. The third-order valence-electron chi connectivity index (χ3n) is 7.42. The van der Waals surface area contributed by atoms with Gasteiger partial charge in [0.25, 0.3) is 11.8 Å². The van der Waals surface area contributed by atoms with Crippen LogP contribution in [0.2, 0.25) is 0 Å². The second-order valence-electron chi connectivity index (χ2n) is 11.2. The number of hydrogen-bond donors (Lipinski definition) is 4. The third kappa shape index (κ3) is 7.56. The Bertz CT molecular complexity index is 1740. The Kier molecular flexibility index (Phi) is 9.72. The Morgan fingerprint density at radius 2 is 1.78 bits per heavy atom. The van der Waals surface area contributed by atoms with Crippen LogP contribution >= 0.6 is 0 Å². The van der Waals surface area contributed by atoms with Gasteiger partial charge in [-0.25, -0.2) is 9.97 Å². The summed E-state index contributed by atoms with van der Waals surface area (Å²) in [5.41, 5.74) is 2.35. The van der Waals surface area contributed by atoms with Crippen LogP contribution in [0, 0.1) is 5.92 Å². The van der Waals surface area contributed by atoms with Crippen molar-refractivity contribution in [2.45, 2.75) is 44.5 Å². The maximum atomic E-state index is 13.9. The summed E-state index contributed by atoms with van der Waals surface area (Å²) in [6, 6.07) is 17.4. The van der Waals surface area contributed by atoms with Crippen molar-refractivity contribution in [2.24, 2.45) is 5.92 Å². The van der Waals surface area contributed by atoms with Gasteiger partial charge >= 0.3 is 5.97 Å². The molecule has 0 bridgehead atoms. The number of carbonyl (C=O) groups excluding carboxylic acids is 3. The molecule has 3 heterocycles. The molecule has 4 N–H and O–H groups in total. The Morgan fingerprint density at radius 1 is 1.02 bits per heavy atom. The van der Waals surface area contributed by atoms with Crippen LogP contribution in [-0.2, 0) is 25.8 Å². The van der Waals surface area contributed by atoms with Crippen LogP contribution in [0.15, 0.2) is 97.2 Å². The highest BCUT2D eigenvalue weighted by Crippen LogP contribution is 2.27. The van der Waals surface area contributed by atoms with E-state index in [0.29, 0.717) is 17.0 Å². The molecule has 0 saturated heterocycles. The van der Waals surface area contributed by atoms with Gasteiger partial charge in [0.05, 0.1) is 36.5 Å². The average Bonchev–Trinajstić information content (AvgIpc) is 3.73. The van der Waals surface area contributed by atoms with Gasteiger partial charge in [0.15, 0.2) is 5.78 Å². The predicted octanol–water partition coefficient (Wildman–Crippen LogP) is 2.65. The molecular weight excluding hydrogens is 592 g/mol. The van der Waals surface area contributed by atoms with E-state index in [4.69, 9.17) is 9.57 Å². The number of carboxylic acid groups (broad SMARTS) is 1. The number of hydroxylamine groups is 1. The van der Waals surface area contributed by atoms with Crippen LogP contribution in [0.25, 0.3) is 10.9 Å². The average molecular weight is 627 g/mol. The summed E-state index contributed by atoms with van der Waals surface area (Å²) in [4.78, 5) is 66.5. The molecule has 0 saturated carbocycles. The van der Waals surface area contributed by atoms with E-state index in [2.05, 4.69) is 26.1 Å². The number of Topliss-reactive ketones (excluding diaryl/α,β-unsaturated/α-hetero) is 1. The van der Waals surface area contributed by atoms with Crippen molar-refractivity contribution in [3.63, 3.8) is 0 Å². The molecule has 5 rings (SSSR count). The van der Waals surface area contributed by atoms with Gasteiger partial charge in [0.2, 0.25) is 5.60 Å². The molecule has 4 aromatic rings. The third-order valence-corrected chi connectivity index (χ3v) is 7.42. The normalized spacial score (nSPS) is 17.1. The van der Waals surface area contributed by atoms with Crippen molar-refractivity contribution in [2.75, 3.05) is 6.61 Å². The van der Waals surface area contributed by atoms with E-state index in [1.54, 1.807) is 47.2 Å². The fourth-order valence-corrected chi connectivity index (χ4v) is 5.01. The number of carbonyl (C=O) groups is 4. The lowest BCUT2D eigenvalue weighted by Crippen LogP contribution is -2.55. The largest absolute Gasteiger partial charge is 0.486 e. The van der Waals surface area contributed by atoms with E-state index < -0.39 is 54.3 Å². The Hall–Kier alpha value is -5.56. The summed E-state index contributed by atoms with van der Waals surface area (Å²) in [7, 11) is 0. The number of carboxylic acids is 1. The van der Waals surface area contributed by atoms with Gasteiger partial charge < -0.3 is 25.0 Å². The Morgan fingerprint density at radius 3 is 2.50 bits per heavy atom. The quantitative estimate of drug-likeness (QED) is 0.163. The number of rotatable bonds is 14. The van der Waals surface area contributed by atoms with Crippen molar-refractivity contribution in [1.29, 1.82) is 0 Å². The van der Waals surface area contributed by atoms with Gasteiger partial charge in [0.1, 0.15) is 24.1 Å².